The number of rotatable bonds is 8. The number of allylic oxidation sites excluding steroid dienone is 1. The fourth-order valence-corrected chi connectivity index (χ4v) is 9.99. The van der Waals surface area contributed by atoms with Gasteiger partial charge in [0.1, 0.15) is 6.10 Å². The van der Waals surface area contributed by atoms with Crippen molar-refractivity contribution in [3.63, 3.8) is 0 Å². The van der Waals surface area contributed by atoms with Crippen molar-refractivity contribution in [2.24, 2.45) is 58.2 Å². The molecule has 0 aliphatic heterocycles. The highest BCUT2D eigenvalue weighted by molar-refractivity contribution is 5.66. The largest absolute Gasteiger partial charge is 0.466 e. The highest BCUT2D eigenvalue weighted by atomic mass is 16.5. The van der Waals surface area contributed by atoms with Crippen LogP contribution in [0.3, 0.4) is 0 Å². The van der Waals surface area contributed by atoms with Crippen LogP contribution >= 0.6 is 0 Å². The Kier molecular flexibility index (Phi) is 8.56. The maximum absolute atomic E-state index is 11.6. The minimum absolute atomic E-state index is 0.0807. The summed E-state index contributed by atoms with van der Waals surface area (Å²) in [6.07, 6.45) is 13.5. The monoisotopic (exact) mass is 514 g/mol. The summed E-state index contributed by atoms with van der Waals surface area (Å²) < 4.78 is 10.9. The van der Waals surface area contributed by atoms with Crippen LogP contribution in [0.4, 0.5) is 0 Å². The molecule has 0 aromatic heterocycles. The van der Waals surface area contributed by atoms with Gasteiger partial charge < -0.3 is 9.47 Å². The highest BCUT2D eigenvalue weighted by Crippen LogP contribution is 2.68. The van der Waals surface area contributed by atoms with Gasteiger partial charge >= 0.3 is 11.9 Å². The minimum atomic E-state index is -0.168. The van der Waals surface area contributed by atoms with Crippen LogP contribution in [0.15, 0.2) is 11.6 Å². The molecule has 4 aliphatic carbocycles. The highest BCUT2D eigenvalue weighted by Gasteiger charge is 2.61. The van der Waals surface area contributed by atoms with Crippen LogP contribution in [0.25, 0.3) is 0 Å². The third-order valence-electron chi connectivity index (χ3n) is 12.0. The van der Waals surface area contributed by atoms with Crippen LogP contribution in [0, 0.1) is 58.2 Å². The van der Waals surface area contributed by atoms with E-state index >= 15 is 0 Å². The molecule has 0 spiro atoms. The predicted molar refractivity (Wildman–Crippen MR) is 149 cm³/mol. The van der Waals surface area contributed by atoms with Gasteiger partial charge in [0.2, 0.25) is 0 Å². The van der Waals surface area contributed by atoms with Crippen LogP contribution < -0.4 is 0 Å². The van der Waals surface area contributed by atoms with E-state index in [4.69, 9.17) is 9.47 Å². The summed E-state index contributed by atoms with van der Waals surface area (Å²) in [6.45, 7) is 18.6. The van der Waals surface area contributed by atoms with Crippen LogP contribution in [-0.2, 0) is 19.1 Å². The number of hydrogen-bond acceptors (Lipinski definition) is 4. The van der Waals surface area contributed by atoms with Crippen LogP contribution in [0.5, 0.6) is 0 Å². The quantitative estimate of drug-likeness (QED) is 0.243. The number of hydrogen-bond donors (Lipinski definition) is 0. The van der Waals surface area contributed by atoms with Gasteiger partial charge in [0.15, 0.2) is 0 Å². The molecule has 0 bridgehead atoms. The van der Waals surface area contributed by atoms with Crippen LogP contribution in [0.2, 0.25) is 0 Å². The first-order valence-electron chi connectivity index (χ1n) is 15.4. The zero-order valence-electron chi connectivity index (χ0n) is 25.0. The molecule has 37 heavy (non-hydrogen) atoms. The molecule has 3 saturated carbocycles. The number of carbonyl (C=O) groups is 2. The molecule has 0 radical (unpaired) electrons. The Morgan fingerprint density at radius 1 is 1.03 bits per heavy atom. The maximum atomic E-state index is 11.6. The molecule has 0 saturated heterocycles. The van der Waals surface area contributed by atoms with Gasteiger partial charge in [-0.3, -0.25) is 9.59 Å². The van der Waals surface area contributed by atoms with E-state index in [1.54, 1.807) is 12.5 Å². The second-order valence-corrected chi connectivity index (χ2v) is 14.3. The van der Waals surface area contributed by atoms with E-state index in [1.807, 2.05) is 0 Å². The third-order valence-corrected chi connectivity index (χ3v) is 12.0. The third kappa shape index (κ3) is 5.55. The van der Waals surface area contributed by atoms with Gasteiger partial charge in [-0.2, -0.15) is 0 Å². The molecule has 0 unspecified atom stereocenters. The smallest absolute Gasteiger partial charge is 0.302 e. The van der Waals surface area contributed by atoms with Crippen molar-refractivity contribution in [1.82, 2.24) is 0 Å². The lowest BCUT2D eigenvalue weighted by atomic mass is 9.46. The van der Waals surface area contributed by atoms with Crippen molar-refractivity contribution in [1.29, 1.82) is 0 Å². The van der Waals surface area contributed by atoms with Crippen molar-refractivity contribution in [2.45, 2.75) is 119 Å². The molecule has 0 N–H and O–H groups in total. The summed E-state index contributed by atoms with van der Waals surface area (Å²) in [5.74, 6) is 5.50. The number of ether oxygens (including phenoxy) is 2. The summed E-state index contributed by atoms with van der Waals surface area (Å²) >= 11 is 0. The first-order chi connectivity index (χ1) is 17.4. The van der Waals surface area contributed by atoms with Crippen molar-refractivity contribution in [2.75, 3.05) is 6.61 Å². The molecule has 4 heteroatoms. The minimum Gasteiger partial charge on any atom is -0.466 e. The Morgan fingerprint density at radius 2 is 1.76 bits per heavy atom. The molecule has 0 amide bonds. The van der Waals surface area contributed by atoms with Crippen molar-refractivity contribution < 1.29 is 19.1 Å². The van der Waals surface area contributed by atoms with E-state index in [1.165, 1.54) is 45.4 Å². The number of esters is 2. The van der Waals surface area contributed by atoms with Crippen molar-refractivity contribution in [3.05, 3.63) is 11.6 Å². The van der Waals surface area contributed by atoms with E-state index < -0.39 is 0 Å². The van der Waals surface area contributed by atoms with Crippen molar-refractivity contribution in [3.8, 4) is 0 Å². The topological polar surface area (TPSA) is 52.6 Å². The summed E-state index contributed by atoms with van der Waals surface area (Å²) in [7, 11) is 0. The van der Waals surface area contributed by atoms with Crippen LogP contribution in [0.1, 0.15) is 113 Å². The van der Waals surface area contributed by atoms with E-state index in [0.29, 0.717) is 35.2 Å². The Hall–Kier alpha value is -1.32. The Balaban J connectivity index is 1.44. The Labute approximate surface area is 226 Å². The normalized spacial score (nSPS) is 41.4. The molecule has 11 atom stereocenters. The molecular weight excluding hydrogens is 460 g/mol. The summed E-state index contributed by atoms with van der Waals surface area (Å²) in [4.78, 5) is 22.8. The van der Waals surface area contributed by atoms with Crippen LogP contribution in [-0.4, -0.2) is 24.6 Å². The lowest BCUT2D eigenvalue weighted by molar-refractivity contribution is -0.148. The van der Waals surface area contributed by atoms with E-state index in [9.17, 15) is 9.59 Å². The first kappa shape index (κ1) is 28.7. The molecule has 4 aliphatic rings. The standard InChI is InChI=1S/C33H54O4/c1-20(19-36-24(5)34)9-10-21(2)23(4)31-22(3)17-30-28-12-11-26-18-27(37-25(6)35)13-15-32(26,7)29(28)14-16-33(30,31)8/h11,20-23,27-31H,9-10,12-19H2,1-8H3/t20-,21+,22+,23+,27+,28-,29+,30+,31-,32+,33+/m1/s1. The average Bonchev–Trinajstić information content (AvgIpc) is 3.10. The molecule has 3 fully saturated rings. The van der Waals surface area contributed by atoms with Gasteiger partial charge in [-0.15, -0.1) is 0 Å². The van der Waals surface area contributed by atoms with Crippen molar-refractivity contribution >= 4 is 11.9 Å². The molecule has 0 aromatic rings. The summed E-state index contributed by atoms with van der Waals surface area (Å²) in [5, 5.41) is 0. The number of carbonyl (C=O) groups excluding carboxylic acids is 2. The van der Waals surface area contributed by atoms with Gasteiger partial charge in [0, 0.05) is 20.3 Å². The SMILES string of the molecule is CC(=O)OC[C@H](C)CC[C@H](C)[C@H](C)[C@H]1[C@@H](C)C[C@H]2[C@@H]3CC=C4C[C@@H](OC(C)=O)CC[C@]4(C)[C@H]3CC[C@]12C. The fraction of sp³-hybridized carbons (Fsp3) is 0.879. The van der Waals surface area contributed by atoms with Gasteiger partial charge in [-0.25, -0.2) is 0 Å². The Morgan fingerprint density at radius 3 is 2.43 bits per heavy atom. The van der Waals surface area contributed by atoms with E-state index in [2.05, 4.69) is 47.6 Å². The second-order valence-electron chi connectivity index (χ2n) is 14.3. The fourth-order valence-electron chi connectivity index (χ4n) is 9.99. The average molecular weight is 515 g/mol. The Bertz CT molecular complexity index is 878. The molecule has 210 valence electrons. The summed E-state index contributed by atoms with van der Waals surface area (Å²) in [5.41, 5.74) is 2.32. The molecule has 0 heterocycles. The molecule has 4 rings (SSSR count). The molecule has 4 nitrogen and oxygen atoms in total. The zero-order valence-corrected chi connectivity index (χ0v) is 25.0. The van der Waals surface area contributed by atoms with Gasteiger partial charge in [0.25, 0.3) is 0 Å². The van der Waals surface area contributed by atoms with Gasteiger partial charge in [-0.05, 0) is 103 Å². The van der Waals surface area contributed by atoms with E-state index in [0.717, 1.165) is 48.9 Å². The first-order valence-corrected chi connectivity index (χ1v) is 15.4. The lowest BCUT2D eigenvalue weighted by Gasteiger charge is -2.58. The second kappa shape index (κ2) is 11.0. The number of fused-ring (bicyclic) bond motifs is 5. The van der Waals surface area contributed by atoms with Gasteiger partial charge in [-0.1, -0.05) is 59.6 Å². The summed E-state index contributed by atoms with van der Waals surface area (Å²) in [6, 6.07) is 0. The van der Waals surface area contributed by atoms with Gasteiger partial charge in [0.05, 0.1) is 6.61 Å². The van der Waals surface area contributed by atoms with E-state index in [-0.39, 0.29) is 18.0 Å². The lowest BCUT2D eigenvalue weighted by Crippen LogP contribution is -2.51. The maximum Gasteiger partial charge on any atom is 0.302 e. The molecular formula is C33H54O4. The zero-order chi connectivity index (χ0) is 27.1. The molecule has 0 aromatic carbocycles. The predicted octanol–water partition coefficient (Wildman–Crippen LogP) is 7.99.